The van der Waals surface area contributed by atoms with E-state index in [2.05, 4.69) is 12.2 Å². The van der Waals surface area contributed by atoms with Gasteiger partial charge in [0.2, 0.25) is 5.91 Å². The van der Waals surface area contributed by atoms with Gasteiger partial charge in [-0.1, -0.05) is 25.1 Å². The van der Waals surface area contributed by atoms with Gasteiger partial charge in [-0.15, -0.1) is 0 Å². The maximum absolute atomic E-state index is 13.9. The first kappa shape index (κ1) is 15.0. The molecule has 0 saturated carbocycles. The zero-order chi connectivity index (χ0) is 14.5. The molecular formula is C16H23FN2O. The SMILES string of the molecule is CCC(NC1CCN(C(C)=O)CC1)c1ccccc1F. The van der Waals surface area contributed by atoms with E-state index in [1.54, 1.807) is 13.0 Å². The first-order chi connectivity index (χ1) is 9.61. The number of nitrogens with one attached hydrogen (secondary N) is 1. The van der Waals surface area contributed by atoms with E-state index in [4.69, 9.17) is 0 Å². The van der Waals surface area contributed by atoms with Crippen LogP contribution >= 0.6 is 0 Å². The van der Waals surface area contributed by atoms with E-state index < -0.39 is 0 Å². The fourth-order valence-corrected chi connectivity index (χ4v) is 2.83. The fraction of sp³-hybridized carbons (Fsp3) is 0.562. The minimum absolute atomic E-state index is 0.0464. The van der Waals surface area contributed by atoms with Gasteiger partial charge < -0.3 is 10.2 Å². The second-order valence-corrected chi connectivity index (χ2v) is 5.43. The summed E-state index contributed by atoms with van der Waals surface area (Å²) in [5.41, 5.74) is 0.740. The van der Waals surface area contributed by atoms with Gasteiger partial charge >= 0.3 is 0 Å². The van der Waals surface area contributed by atoms with Crippen LogP contribution in [0.2, 0.25) is 0 Å². The lowest BCUT2D eigenvalue weighted by molar-refractivity contribution is -0.129. The third-order valence-corrected chi connectivity index (χ3v) is 4.07. The molecule has 0 aliphatic carbocycles. The molecule has 1 atom stereocenters. The van der Waals surface area contributed by atoms with E-state index in [0.29, 0.717) is 6.04 Å². The van der Waals surface area contributed by atoms with Gasteiger partial charge in [0, 0.05) is 37.7 Å². The van der Waals surface area contributed by atoms with Crippen molar-refractivity contribution >= 4 is 5.91 Å². The van der Waals surface area contributed by atoms with Crippen molar-refractivity contribution < 1.29 is 9.18 Å². The second-order valence-electron chi connectivity index (χ2n) is 5.43. The van der Waals surface area contributed by atoms with Gasteiger partial charge in [-0.2, -0.15) is 0 Å². The summed E-state index contributed by atoms with van der Waals surface area (Å²) in [4.78, 5) is 13.2. The minimum Gasteiger partial charge on any atom is -0.343 e. The zero-order valence-corrected chi connectivity index (χ0v) is 12.2. The molecule has 1 unspecified atom stereocenters. The van der Waals surface area contributed by atoms with Crippen LogP contribution in [0.25, 0.3) is 0 Å². The first-order valence-electron chi connectivity index (χ1n) is 7.37. The van der Waals surface area contributed by atoms with Crippen molar-refractivity contribution in [2.24, 2.45) is 0 Å². The van der Waals surface area contributed by atoms with E-state index in [9.17, 15) is 9.18 Å². The number of halogens is 1. The Morgan fingerprint density at radius 1 is 1.40 bits per heavy atom. The number of hydrogen-bond acceptors (Lipinski definition) is 2. The molecule has 1 fully saturated rings. The molecule has 2 rings (SSSR count). The van der Waals surface area contributed by atoms with Crippen LogP contribution in [0.3, 0.4) is 0 Å². The fourth-order valence-electron chi connectivity index (χ4n) is 2.83. The molecule has 0 aromatic heterocycles. The highest BCUT2D eigenvalue weighted by Gasteiger charge is 2.23. The Morgan fingerprint density at radius 2 is 2.05 bits per heavy atom. The summed E-state index contributed by atoms with van der Waals surface area (Å²) in [6, 6.07) is 7.36. The number of rotatable bonds is 4. The van der Waals surface area contributed by atoms with Crippen LogP contribution < -0.4 is 5.32 Å². The Morgan fingerprint density at radius 3 is 2.60 bits per heavy atom. The summed E-state index contributed by atoms with van der Waals surface area (Å²) in [6.45, 7) is 5.26. The maximum atomic E-state index is 13.9. The van der Waals surface area contributed by atoms with E-state index in [-0.39, 0.29) is 17.8 Å². The quantitative estimate of drug-likeness (QED) is 0.918. The lowest BCUT2D eigenvalue weighted by atomic mass is 9.99. The van der Waals surface area contributed by atoms with Crippen LogP contribution in [0.4, 0.5) is 4.39 Å². The third kappa shape index (κ3) is 3.57. The maximum Gasteiger partial charge on any atom is 0.219 e. The van der Waals surface area contributed by atoms with Crippen molar-refractivity contribution in [3.63, 3.8) is 0 Å². The van der Waals surface area contributed by atoms with Crippen molar-refractivity contribution in [3.8, 4) is 0 Å². The van der Waals surface area contributed by atoms with Crippen LogP contribution in [0.1, 0.15) is 44.7 Å². The van der Waals surface area contributed by atoms with Gasteiger partial charge in [0.15, 0.2) is 0 Å². The van der Waals surface area contributed by atoms with Crippen LogP contribution in [-0.4, -0.2) is 29.9 Å². The van der Waals surface area contributed by atoms with Gasteiger partial charge in [0.1, 0.15) is 5.82 Å². The Bertz CT molecular complexity index is 456. The largest absolute Gasteiger partial charge is 0.343 e. The average Bonchev–Trinajstić information content (AvgIpc) is 2.46. The Labute approximate surface area is 120 Å². The zero-order valence-electron chi connectivity index (χ0n) is 12.2. The van der Waals surface area contributed by atoms with E-state index in [1.807, 2.05) is 17.0 Å². The normalized spacial score (nSPS) is 18.1. The number of carbonyl (C=O) groups excluding carboxylic acids is 1. The number of nitrogens with zero attached hydrogens (tertiary/aromatic N) is 1. The molecule has 1 aliphatic heterocycles. The smallest absolute Gasteiger partial charge is 0.219 e. The summed E-state index contributed by atoms with van der Waals surface area (Å²) < 4.78 is 13.9. The summed E-state index contributed by atoms with van der Waals surface area (Å²) >= 11 is 0. The number of benzene rings is 1. The molecule has 4 heteroatoms. The Kier molecular flexibility index (Phi) is 5.12. The predicted molar refractivity (Wildman–Crippen MR) is 77.8 cm³/mol. The first-order valence-corrected chi connectivity index (χ1v) is 7.37. The standard InChI is InChI=1S/C16H23FN2O/c1-3-16(14-6-4-5-7-15(14)17)18-13-8-10-19(11-9-13)12(2)20/h4-7,13,16,18H,3,8-11H2,1-2H3. The summed E-state index contributed by atoms with van der Waals surface area (Å²) in [5.74, 6) is -0.00221. The van der Waals surface area contributed by atoms with Crippen LogP contribution in [0, 0.1) is 5.82 Å². The molecule has 1 aliphatic rings. The average molecular weight is 278 g/mol. The van der Waals surface area contributed by atoms with Gasteiger partial charge in [0.05, 0.1) is 0 Å². The molecule has 0 radical (unpaired) electrons. The van der Waals surface area contributed by atoms with Crippen LogP contribution in [-0.2, 0) is 4.79 Å². The number of amides is 1. The molecule has 1 N–H and O–H groups in total. The van der Waals surface area contributed by atoms with Gasteiger partial charge in [-0.05, 0) is 25.3 Å². The summed E-state index contributed by atoms with van der Waals surface area (Å²) in [7, 11) is 0. The van der Waals surface area contributed by atoms with Crippen molar-refractivity contribution in [2.45, 2.75) is 45.2 Å². The lowest BCUT2D eigenvalue weighted by Gasteiger charge is -2.34. The molecule has 3 nitrogen and oxygen atoms in total. The summed E-state index contributed by atoms with van der Waals surface area (Å²) in [6.07, 6.45) is 2.73. The predicted octanol–water partition coefficient (Wildman–Crippen LogP) is 2.88. The molecule has 110 valence electrons. The van der Waals surface area contributed by atoms with Crippen LogP contribution in [0.15, 0.2) is 24.3 Å². The molecule has 0 bridgehead atoms. The van der Waals surface area contributed by atoms with Gasteiger partial charge in [0.25, 0.3) is 0 Å². The second kappa shape index (κ2) is 6.84. The number of hydrogen-bond donors (Lipinski definition) is 1. The number of piperidine rings is 1. The molecule has 1 heterocycles. The van der Waals surface area contributed by atoms with Gasteiger partial charge in [-0.3, -0.25) is 4.79 Å². The number of likely N-dealkylation sites (tertiary alicyclic amines) is 1. The van der Waals surface area contributed by atoms with Crippen molar-refractivity contribution in [1.29, 1.82) is 0 Å². The molecule has 1 aromatic rings. The molecule has 0 spiro atoms. The molecule has 1 aromatic carbocycles. The number of carbonyl (C=O) groups is 1. The monoisotopic (exact) mass is 278 g/mol. The molecule has 1 amide bonds. The summed E-state index contributed by atoms with van der Waals surface area (Å²) in [5, 5.41) is 3.54. The highest BCUT2D eigenvalue weighted by Crippen LogP contribution is 2.22. The van der Waals surface area contributed by atoms with E-state index in [1.165, 1.54) is 6.07 Å². The minimum atomic E-state index is -0.145. The molecular weight excluding hydrogens is 255 g/mol. The van der Waals surface area contributed by atoms with Crippen LogP contribution in [0.5, 0.6) is 0 Å². The third-order valence-electron chi connectivity index (χ3n) is 4.07. The highest BCUT2D eigenvalue weighted by molar-refractivity contribution is 5.73. The Hall–Kier alpha value is -1.42. The van der Waals surface area contributed by atoms with Crippen molar-refractivity contribution in [2.75, 3.05) is 13.1 Å². The van der Waals surface area contributed by atoms with Crippen molar-refractivity contribution in [1.82, 2.24) is 10.2 Å². The van der Waals surface area contributed by atoms with E-state index >= 15 is 0 Å². The van der Waals surface area contributed by atoms with Gasteiger partial charge in [-0.25, -0.2) is 4.39 Å². The molecule has 20 heavy (non-hydrogen) atoms. The Balaban J connectivity index is 1.95. The topological polar surface area (TPSA) is 32.3 Å². The van der Waals surface area contributed by atoms with Crippen molar-refractivity contribution in [3.05, 3.63) is 35.6 Å². The lowest BCUT2D eigenvalue weighted by Crippen LogP contribution is -2.45. The highest BCUT2D eigenvalue weighted by atomic mass is 19.1. The molecule has 1 saturated heterocycles. The van der Waals surface area contributed by atoms with E-state index in [0.717, 1.165) is 37.9 Å².